The number of hydrogen-bond donors (Lipinski definition) is 0. The minimum Gasteiger partial charge on any atom is -0.493 e. The molecule has 0 heterocycles. The van der Waals surface area contributed by atoms with Crippen molar-refractivity contribution >= 4 is 5.91 Å². The van der Waals surface area contributed by atoms with E-state index >= 15 is 0 Å². The number of methoxy groups -OCH3 is 2. The molecule has 0 N–H and O–H groups in total. The number of amides is 1. The average Bonchev–Trinajstić information content (AvgIpc) is 2.73. The summed E-state index contributed by atoms with van der Waals surface area (Å²) in [4.78, 5) is 14.7. The van der Waals surface area contributed by atoms with Gasteiger partial charge in [-0.05, 0) is 30.5 Å². The van der Waals surface area contributed by atoms with Crippen molar-refractivity contribution in [1.82, 2.24) is 4.90 Å². The first-order chi connectivity index (χ1) is 13.1. The lowest BCUT2D eigenvalue weighted by Gasteiger charge is -2.32. The molecule has 0 fully saturated rings. The zero-order chi connectivity index (χ0) is 20.7. The van der Waals surface area contributed by atoms with E-state index in [0.717, 1.165) is 44.1 Å². The van der Waals surface area contributed by atoms with E-state index in [0.29, 0.717) is 30.5 Å². The second-order valence-corrected chi connectivity index (χ2v) is 6.50. The van der Waals surface area contributed by atoms with Crippen molar-refractivity contribution in [2.24, 2.45) is 0 Å². The van der Waals surface area contributed by atoms with E-state index in [2.05, 4.69) is 18.7 Å². The molecule has 0 saturated heterocycles. The van der Waals surface area contributed by atoms with Crippen molar-refractivity contribution in [3.8, 4) is 11.5 Å². The monoisotopic (exact) mass is 379 g/mol. The summed E-state index contributed by atoms with van der Waals surface area (Å²) >= 11 is 0. The molecule has 0 radical (unpaired) electrons. The summed E-state index contributed by atoms with van der Waals surface area (Å²) in [6, 6.07) is 6.23. The van der Waals surface area contributed by atoms with E-state index in [1.807, 2.05) is 39.0 Å². The molecule has 0 aromatic heterocycles. The summed E-state index contributed by atoms with van der Waals surface area (Å²) in [5.74, 6) is 1.66. The molecule has 1 aromatic carbocycles. The van der Waals surface area contributed by atoms with Crippen LogP contribution in [0.15, 0.2) is 18.2 Å². The second kappa shape index (κ2) is 15.4. The number of carbonyl (C=O) groups is 1. The number of carbonyl (C=O) groups excluding carboxylic acids is 1. The van der Waals surface area contributed by atoms with E-state index in [9.17, 15) is 4.79 Å². The second-order valence-electron chi connectivity index (χ2n) is 6.50. The fraction of sp³-hybridized carbons (Fsp3) is 0.696. The highest BCUT2D eigenvalue weighted by atomic mass is 16.5. The molecular formula is C23H41NO3. The van der Waals surface area contributed by atoms with Gasteiger partial charge in [0.05, 0.1) is 14.2 Å². The molecule has 0 atom stereocenters. The zero-order valence-electron chi connectivity index (χ0n) is 18.6. The van der Waals surface area contributed by atoms with Crippen molar-refractivity contribution in [1.29, 1.82) is 0 Å². The minimum atomic E-state index is 0.229. The quantitative estimate of drug-likeness (QED) is 0.433. The Morgan fingerprint density at radius 2 is 1.52 bits per heavy atom. The summed E-state index contributed by atoms with van der Waals surface area (Å²) in [5, 5.41) is 0. The Kier molecular flexibility index (Phi) is 14.4. The minimum absolute atomic E-state index is 0.229. The van der Waals surface area contributed by atoms with Crippen LogP contribution >= 0.6 is 0 Å². The Labute approximate surface area is 167 Å². The summed E-state index contributed by atoms with van der Waals surface area (Å²) in [7, 11) is 3.28. The molecule has 27 heavy (non-hydrogen) atoms. The van der Waals surface area contributed by atoms with E-state index in [4.69, 9.17) is 9.47 Å². The maximum atomic E-state index is 12.6. The van der Waals surface area contributed by atoms with Gasteiger partial charge in [0.1, 0.15) is 0 Å². The summed E-state index contributed by atoms with van der Waals surface area (Å²) in [6.07, 6.45) is 7.34. The molecule has 0 saturated carbocycles. The van der Waals surface area contributed by atoms with Crippen LogP contribution in [-0.2, 0) is 11.3 Å². The molecule has 156 valence electrons. The molecule has 0 spiro atoms. The van der Waals surface area contributed by atoms with Crippen LogP contribution in [0.5, 0.6) is 11.5 Å². The first-order valence-corrected chi connectivity index (χ1v) is 10.6. The van der Waals surface area contributed by atoms with Gasteiger partial charge >= 0.3 is 0 Å². The van der Waals surface area contributed by atoms with Gasteiger partial charge in [-0.3, -0.25) is 4.79 Å². The van der Waals surface area contributed by atoms with Gasteiger partial charge in [0, 0.05) is 19.0 Å². The Morgan fingerprint density at radius 1 is 0.963 bits per heavy atom. The molecule has 0 bridgehead atoms. The van der Waals surface area contributed by atoms with Gasteiger partial charge in [0.2, 0.25) is 5.91 Å². The lowest BCUT2D eigenvalue weighted by Crippen LogP contribution is -2.39. The molecule has 0 aliphatic rings. The van der Waals surface area contributed by atoms with Gasteiger partial charge in [-0.2, -0.15) is 0 Å². The third kappa shape index (κ3) is 8.68. The largest absolute Gasteiger partial charge is 0.493 e. The smallest absolute Gasteiger partial charge is 0.222 e. The van der Waals surface area contributed by atoms with E-state index in [-0.39, 0.29) is 5.91 Å². The van der Waals surface area contributed by atoms with Crippen LogP contribution in [-0.4, -0.2) is 31.1 Å². The Morgan fingerprint density at radius 3 is 1.96 bits per heavy atom. The number of rotatable bonds is 12. The highest BCUT2D eigenvalue weighted by Crippen LogP contribution is 2.29. The van der Waals surface area contributed by atoms with Crippen LogP contribution in [0.3, 0.4) is 0 Å². The Hall–Kier alpha value is -1.71. The van der Waals surface area contributed by atoms with Gasteiger partial charge in [-0.1, -0.05) is 66.4 Å². The van der Waals surface area contributed by atoms with Gasteiger partial charge in [-0.15, -0.1) is 0 Å². The fourth-order valence-corrected chi connectivity index (χ4v) is 3.14. The van der Waals surface area contributed by atoms with Crippen molar-refractivity contribution < 1.29 is 14.3 Å². The lowest BCUT2D eigenvalue weighted by molar-refractivity contribution is -0.134. The maximum absolute atomic E-state index is 12.6. The predicted molar refractivity (Wildman–Crippen MR) is 115 cm³/mol. The molecule has 4 heteroatoms. The van der Waals surface area contributed by atoms with Gasteiger partial charge in [0.25, 0.3) is 0 Å². The molecule has 1 aromatic rings. The van der Waals surface area contributed by atoms with Crippen molar-refractivity contribution in [2.75, 3.05) is 14.2 Å². The van der Waals surface area contributed by atoms with Crippen molar-refractivity contribution in [3.05, 3.63) is 23.8 Å². The van der Waals surface area contributed by atoms with Crippen molar-refractivity contribution in [2.45, 2.75) is 92.2 Å². The van der Waals surface area contributed by atoms with Crippen LogP contribution in [0.4, 0.5) is 0 Å². The summed E-state index contributed by atoms with van der Waals surface area (Å²) in [6.45, 7) is 11.0. The van der Waals surface area contributed by atoms with Crippen molar-refractivity contribution in [3.63, 3.8) is 0 Å². The predicted octanol–water partition coefficient (Wildman–Crippen LogP) is 6.22. The summed E-state index contributed by atoms with van der Waals surface area (Å²) < 4.78 is 10.7. The first kappa shape index (κ1) is 25.3. The number of ether oxygens (including phenoxy) is 2. The number of hydrogen-bond acceptors (Lipinski definition) is 3. The standard InChI is InChI=1S/C21H35NO3.C2H6/c1-6-9-11-18(12-10-7-2)22(21(23)8-3)16-17-13-14-19(24-4)20(15-17)25-5;1-2/h13-15,18H,6-12,16H2,1-5H3;1-2H3. The zero-order valence-corrected chi connectivity index (χ0v) is 18.6. The van der Waals surface area contributed by atoms with E-state index in [1.54, 1.807) is 14.2 Å². The first-order valence-electron chi connectivity index (χ1n) is 10.6. The van der Waals surface area contributed by atoms with Crippen LogP contribution in [0.2, 0.25) is 0 Å². The molecule has 0 aliphatic carbocycles. The Balaban J connectivity index is 0.00000326. The highest BCUT2D eigenvalue weighted by Gasteiger charge is 2.22. The van der Waals surface area contributed by atoms with Crippen LogP contribution in [0, 0.1) is 0 Å². The number of nitrogens with zero attached hydrogens (tertiary/aromatic N) is 1. The van der Waals surface area contributed by atoms with E-state index in [1.165, 1.54) is 0 Å². The molecule has 0 unspecified atom stereocenters. The normalized spacial score (nSPS) is 10.2. The number of unbranched alkanes of at least 4 members (excludes halogenated alkanes) is 2. The molecule has 0 aliphatic heterocycles. The van der Waals surface area contributed by atoms with Crippen LogP contribution in [0.1, 0.15) is 85.1 Å². The topological polar surface area (TPSA) is 38.8 Å². The van der Waals surface area contributed by atoms with Gasteiger partial charge in [0.15, 0.2) is 11.5 Å². The molecule has 4 nitrogen and oxygen atoms in total. The molecular weight excluding hydrogens is 338 g/mol. The fourth-order valence-electron chi connectivity index (χ4n) is 3.14. The third-order valence-electron chi connectivity index (χ3n) is 4.65. The lowest BCUT2D eigenvalue weighted by atomic mass is 10.0. The molecule has 1 amide bonds. The third-order valence-corrected chi connectivity index (χ3v) is 4.65. The maximum Gasteiger partial charge on any atom is 0.222 e. The average molecular weight is 380 g/mol. The highest BCUT2D eigenvalue weighted by molar-refractivity contribution is 5.76. The molecule has 1 rings (SSSR count). The van der Waals surface area contributed by atoms with Gasteiger partial charge in [-0.25, -0.2) is 0 Å². The van der Waals surface area contributed by atoms with Crippen LogP contribution in [0.25, 0.3) is 0 Å². The summed E-state index contributed by atoms with van der Waals surface area (Å²) in [5.41, 5.74) is 1.08. The number of benzene rings is 1. The van der Waals surface area contributed by atoms with Crippen LogP contribution < -0.4 is 9.47 Å². The van der Waals surface area contributed by atoms with E-state index < -0.39 is 0 Å². The Bertz CT molecular complexity index is 508. The SMILES string of the molecule is CC.CCCCC(CCCC)N(Cc1ccc(OC)c(OC)c1)C(=O)CC. The van der Waals surface area contributed by atoms with Gasteiger partial charge < -0.3 is 14.4 Å².